The maximum Gasteiger partial charge on any atom is 0.494 e. The minimum Gasteiger partial charge on any atom is -0.399 e. The van der Waals surface area contributed by atoms with Crippen LogP contribution in [0.15, 0.2) is 182 Å². The van der Waals surface area contributed by atoms with E-state index in [4.69, 9.17) is 25.9 Å². The molecule has 0 spiro atoms. The van der Waals surface area contributed by atoms with E-state index >= 15 is 0 Å². The van der Waals surface area contributed by atoms with Crippen LogP contribution in [0.4, 0.5) is 0 Å². The zero-order valence-corrected chi connectivity index (χ0v) is 35.6. The van der Waals surface area contributed by atoms with Gasteiger partial charge < -0.3 is 9.31 Å². The van der Waals surface area contributed by atoms with Crippen LogP contribution in [0.25, 0.3) is 88.4 Å². The summed E-state index contributed by atoms with van der Waals surface area (Å²) < 4.78 is 12.6. The molecule has 1 aliphatic heterocycles. The molecule has 300 valence electrons. The highest BCUT2D eigenvalue weighted by Crippen LogP contribution is 2.41. The van der Waals surface area contributed by atoms with E-state index < -0.39 is 0 Å². The lowest BCUT2D eigenvalue weighted by Gasteiger charge is -2.32. The average molecular weight is 825 g/mol. The summed E-state index contributed by atoms with van der Waals surface area (Å²) in [6.07, 6.45) is 0. The second kappa shape index (κ2) is 15.9. The van der Waals surface area contributed by atoms with E-state index in [9.17, 15) is 0 Å². The molecule has 0 bridgehead atoms. The molecule has 8 heteroatoms. The molecule has 0 aliphatic carbocycles. The number of benzene rings is 8. The first-order chi connectivity index (χ1) is 30.1. The summed E-state index contributed by atoms with van der Waals surface area (Å²) in [4.78, 5) is 18.5. The van der Waals surface area contributed by atoms with E-state index in [1.165, 1.54) is 27.1 Å². The number of hydrogen-bond acceptors (Lipinski definition) is 6. The van der Waals surface area contributed by atoms with Gasteiger partial charge in [-0.3, -0.25) is 0 Å². The molecule has 0 N–H and O–H groups in total. The van der Waals surface area contributed by atoms with Gasteiger partial charge in [0.25, 0.3) is 0 Å². The van der Waals surface area contributed by atoms with Crippen LogP contribution in [-0.4, -0.2) is 38.3 Å². The normalized spacial score (nSPS) is 14.3. The lowest BCUT2D eigenvalue weighted by molar-refractivity contribution is 0.00578. The quantitative estimate of drug-likeness (QED) is 0.0978. The molecule has 62 heavy (non-hydrogen) atoms. The van der Waals surface area contributed by atoms with Crippen LogP contribution >= 0.6 is 11.6 Å². The van der Waals surface area contributed by atoms with Crippen LogP contribution in [0.3, 0.4) is 0 Å². The first kappa shape index (κ1) is 39.4. The molecule has 1 aliphatic rings. The van der Waals surface area contributed by atoms with Gasteiger partial charge in [-0.05, 0) is 78.3 Å². The summed E-state index contributed by atoms with van der Waals surface area (Å²) in [7, 11) is -0.377. The summed E-state index contributed by atoms with van der Waals surface area (Å²) in [6, 6.07) is 62.6. The van der Waals surface area contributed by atoms with Crippen LogP contribution in [-0.2, 0) is 9.31 Å². The molecule has 0 saturated carbocycles. The third-order valence-electron chi connectivity index (χ3n) is 12.2. The van der Waals surface area contributed by atoms with Gasteiger partial charge in [-0.1, -0.05) is 176 Å². The summed E-state index contributed by atoms with van der Waals surface area (Å²) in [5, 5.41) is 7.24. The van der Waals surface area contributed by atoms with Gasteiger partial charge >= 0.3 is 7.12 Å². The van der Waals surface area contributed by atoms with E-state index in [2.05, 4.69) is 164 Å². The van der Waals surface area contributed by atoms with Gasteiger partial charge in [0.05, 0.1) is 22.2 Å². The van der Waals surface area contributed by atoms with Gasteiger partial charge in [0.15, 0.2) is 11.6 Å². The molecule has 0 radical (unpaired) electrons. The van der Waals surface area contributed by atoms with Crippen molar-refractivity contribution in [2.24, 2.45) is 0 Å². The Kier molecular flexibility index (Phi) is 10.1. The van der Waals surface area contributed by atoms with Crippen LogP contribution in [0.5, 0.6) is 0 Å². The van der Waals surface area contributed by atoms with Crippen molar-refractivity contribution in [3.63, 3.8) is 0 Å². The summed E-state index contributed by atoms with van der Waals surface area (Å²) in [6.45, 7) is 8.35. The van der Waals surface area contributed by atoms with Crippen LogP contribution in [0.1, 0.15) is 27.7 Å². The minimum absolute atomic E-state index is 0.189. The predicted molar refractivity (Wildman–Crippen MR) is 257 cm³/mol. The Balaban J connectivity index is 0.000000160. The number of fused-ring (bicyclic) bond motifs is 6. The molecule has 1 saturated heterocycles. The van der Waals surface area contributed by atoms with E-state index in [1.807, 2.05) is 60.7 Å². The molecule has 0 unspecified atom stereocenters. The standard InChI is InChI=1S/C33H28BNO2.C21H14ClN3/c1-32(2)33(3,4)37-34(36-32)24-17-13-23(14-18-24)29-27-19-15-21-9-5-7-11-25(21)30(27)35-31-26-12-8-6-10-22(26)16-20-28(29)31;22-21-24-19(16-10-5-2-6-11-16)23-20(25-21)18-13-7-12-17(14-18)15-8-3-1-4-9-15/h5-20H,1-4H3;1-14H. The second-order valence-electron chi connectivity index (χ2n) is 16.6. The molecule has 0 amide bonds. The Bertz CT molecular complexity index is 3160. The van der Waals surface area contributed by atoms with E-state index in [0.29, 0.717) is 11.6 Å². The summed E-state index contributed by atoms with van der Waals surface area (Å²) in [5.41, 5.74) is 8.80. The van der Waals surface area contributed by atoms with E-state index in [0.717, 1.165) is 55.1 Å². The number of pyridine rings is 1. The number of hydrogen-bond donors (Lipinski definition) is 0. The molecule has 0 atom stereocenters. The SMILES string of the molecule is CC1(C)OB(c2ccc(-c3c4ccc5ccccc5c4nc4c3ccc3ccccc34)cc2)OC1(C)C.Clc1nc(-c2ccccc2)nc(-c2cccc(-c3ccccc3)c2)n1. The Morgan fingerprint density at radius 2 is 0.887 bits per heavy atom. The van der Waals surface area contributed by atoms with Gasteiger partial charge in [-0.25, -0.2) is 9.97 Å². The van der Waals surface area contributed by atoms with E-state index in [-0.39, 0.29) is 23.6 Å². The molecule has 11 rings (SSSR count). The largest absolute Gasteiger partial charge is 0.494 e. The fourth-order valence-electron chi connectivity index (χ4n) is 8.17. The van der Waals surface area contributed by atoms with Crippen molar-refractivity contribution in [1.82, 2.24) is 19.9 Å². The second-order valence-corrected chi connectivity index (χ2v) is 17.0. The molecule has 6 nitrogen and oxygen atoms in total. The zero-order chi connectivity index (χ0) is 42.4. The molecule has 2 aromatic heterocycles. The lowest BCUT2D eigenvalue weighted by Crippen LogP contribution is -2.41. The Hall–Kier alpha value is -6.77. The van der Waals surface area contributed by atoms with Crippen LogP contribution in [0, 0.1) is 0 Å². The number of aromatic nitrogens is 4. The highest BCUT2D eigenvalue weighted by Gasteiger charge is 2.51. The van der Waals surface area contributed by atoms with Gasteiger partial charge in [0.2, 0.25) is 5.28 Å². The van der Waals surface area contributed by atoms with E-state index in [1.54, 1.807) is 0 Å². The molecular weight excluding hydrogens is 783 g/mol. The molecular formula is C54H42BClN4O2. The van der Waals surface area contributed by atoms with Gasteiger partial charge in [-0.2, -0.15) is 9.97 Å². The van der Waals surface area contributed by atoms with Crippen molar-refractivity contribution in [3.05, 3.63) is 187 Å². The fourth-order valence-corrected chi connectivity index (χ4v) is 8.33. The summed E-state index contributed by atoms with van der Waals surface area (Å²) >= 11 is 6.14. The van der Waals surface area contributed by atoms with Crippen molar-refractivity contribution in [3.8, 4) is 45.0 Å². The molecule has 8 aromatic carbocycles. The highest BCUT2D eigenvalue weighted by molar-refractivity contribution is 6.62. The smallest absolute Gasteiger partial charge is 0.399 e. The number of halogens is 1. The van der Waals surface area contributed by atoms with Gasteiger partial charge in [0, 0.05) is 38.2 Å². The maximum absolute atomic E-state index is 6.30. The third kappa shape index (κ3) is 7.39. The fraction of sp³-hybridized carbons (Fsp3) is 0.111. The highest BCUT2D eigenvalue weighted by atomic mass is 35.5. The summed E-state index contributed by atoms with van der Waals surface area (Å²) in [5.74, 6) is 1.14. The van der Waals surface area contributed by atoms with Crippen molar-refractivity contribution < 1.29 is 9.31 Å². The first-order valence-electron chi connectivity index (χ1n) is 20.8. The zero-order valence-electron chi connectivity index (χ0n) is 34.9. The van der Waals surface area contributed by atoms with Crippen molar-refractivity contribution >= 4 is 67.5 Å². The van der Waals surface area contributed by atoms with Gasteiger partial charge in [-0.15, -0.1) is 0 Å². The van der Waals surface area contributed by atoms with Gasteiger partial charge in [0.1, 0.15) is 0 Å². The van der Waals surface area contributed by atoms with Crippen LogP contribution in [0.2, 0.25) is 5.28 Å². The monoisotopic (exact) mass is 824 g/mol. The Morgan fingerprint density at radius 1 is 0.403 bits per heavy atom. The molecule has 3 heterocycles. The molecule has 1 fully saturated rings. The minimum atomic E-state index is -0.377. The Labute approximate surface area is 366 Å². The molecule has 10 aromatic rings. The van der Waals surface area contributed by atoms with Crippen molar-refractivity contribution in [1.29, 1.82) is 0 Å². The average Bonchev–Trinajstić information content (AvgIpc) is 3.54. The maximum atomic E-state index is 6.30. The number of nitrogens with zero attached hydrogens (tertiary/aromatic N) is 4. The lowest BCUT2D eigenvalue weighted by atomic mass is 9.78. The first-order valence-corrected chi connectivity index (χ1v) is 21.2. The van der Waals surface area contributed by atoms with Crippen LogP contribution < -0.4 is 5.46 Å². The topological polar surface area (TPSA) is 70.0 Å². The third-order valence-corrected chi connectivity index (χ3v) is 12.3. The van der Waals surface area contributed by atoms with Crippen molar-refractivity contribution in [2.45, 2.75) is 38.9 Å². The predicted octanol–water partition coefficient (Wildman–Crippen LogP) is 13.2. The Morgan fingerprint density at radius 3 is 1.47 bits per heavy atom. The number of rotatable bonds is 5. The van der Waals surface area contributed by atoms with Crippen molar-refractivity contribution in [2.75, 3.05) is 0 Å².